The van der Waals surface area contributed by atoms with Gasteiger partial charge in [-0.15, -0.1) is 0 Å². The van der Waals surface area contributed by atoms with Gasteiger partial charge in [-0.2, -0.15) is 22.0 Å². The van der Waals surface area contributed by atoms with Gasteiger partial charge in [0.1, 0.15) is 24.2 Å². The van der Waals surface area contributed by atoms with Crippen LogP contribution < -0.4 is 15.6 Å². The van der Waals surface area contributed by atoms with Gasteiger partial charge in [0.2, 0.25) is 5.91 Å². The number of nitrogens with one attached hydrogen (secondary N) is 1. The van der Waals surface area contributed by atoms with Crippen LogP contribution in [0.25, 0.3) is 11.1 Å². The van der Waals surface area contributed by atoms with E-state index < -0.39 is 68.1 Å². The second-order valence-electron chi connectivity index (χ2n) is 9.13. The number of rotatable bonds is 8. The second kappa shape index (κ2) is 12.4. The van der Waals surface area contributed by atoms with E-state index in [0.717, 1.165) is 29.0 Å². The molecule has 1 amide bonds. The van der Waals surface area contributed by atoms with Crippen molar-refractivity contribution >= 4 is 29.5 Å². The van der Waals surface area contributed by atoms with E-state index in [0.29, 0.717) is 0 Å². The lowest BCUT2D eigenvalue weighted by Gasteiger charge is -2.27. The van der Waals surface area contributed by atoms with E-state index in [1.165, 1.54) is 24.3 Å². The Morgan fingerprint density at radius 3 is 2.59 bits per heavy atom. The predicted molar refractivity (Wildman–Crippen MR) is 136 cm³/mol. The van der Waals surface area contributed by atoms with Crippen molar-refractivity contribution in [2.45, 2.75) is 31.7 Å². The van der Waals surface area contributed by atoms with Gasteiger partial charge in [0.25, 0.3) is 5.56 Å². The second-order valence-corrected chi connectivity index (χ2v) is 9.57. The lowest BCUT2D eigenvalue weighted by molar-refractivity contribution is -0.181. The minimum atomic E-state index is -4.62. The molecule has 1 aliphatic heterocycles. The standard InChI is InChI=1S/C27H21ClF6N2O5/c28-17-3-1-14-7-16(27(32,33)34)13-41-23-11-36(24(38)10-20(23)19(14)8-17)22(5-6-40-26(30)31)25(39)35-18-4-2-15(12-37)21(29)9-18/h1-4,8-12,16,22,26H,5-7,13H2,(H,35,39). The molecule has 1 N–H and O–H groups in total. The van der Waals surface area contributed by atoms with Crippen molar-refractivity contribution in [2.75, 3.05) is 18.5 Å². The van der Waals surface area contributed by atoms with Crippen LogP contribution in [0.15, 0.2) is 53.5 Å². The SMILES string of the molecule is O=Cc1ccc(NC(=O)C(CCOC(F)F)n2cc3c(cc2=O)-c2cc(Cl)ccc2CC(C(F)(F)F)CO3)cc1F. The number of nitrogens with zero attached hydrogens (tertiary/aromatic N) is 1. The zero-order valence-electron chi connectivity index (χ0n) is 20.9. The van der Waals surface area contributed by atoms with Gasteiger partial charge in [-0.05, 0) is 47.9 Å². The molecule has 0 saturated heterocycles. The maximum atomic E-state index is 14.1. The highest BCUT2D eigenvalue weighted by Gasteiger charge is 2.41. The van der Waals surface area contributed by atoms with Gasteiger partial charge in [0.15, 0.2) is 6.29 Å². The number of amides is 1. The lowest BCUT2D eigenvalue weighted by Crippen LogP contribution is -2.35. The molecule has 41 heavy (non-hydrogen) atoms. The molecule has 2 atom stereocenters. The Balaban J connectivity index is 1.77. The molecular formula is C27H21ClF6N2O5. The van der Waals surface area contributed by atoms with Gasteiger partial charge in [-0.3, -0.25) is 19.0 Å². The van der Waals surface area contributed by atoms with E-state index in [-0.39, 0.29) is 45.0 Å². The number of ether oxygens (including phenoxy) is 2. The number of aldehydes is 1. The van der Waals surface area contributed by atoms with E-state index in [1.54, 1.807) is 0 Å². The number of benzene rings is 2. The molecule has 7 nitrogen and oxygen atoms in total. The minimum absolute atomic E-state index is 0.106. The Kier molecular flexibility index (Phi) is 9.08. The van der Waals surface area contributed by atoms with Crippen LogP contribution >= 0.6 is 11.6 Å². The van der Waals surface area contributed by atoms with Crippen LogP contribution in [0.4, 0.5) is 32.0 Å². The molecule has 3 aromatic rings. The van der Waals surface area contributed by atoms with Crippen LogP contribution in [-0.4, -0.2) is 42.8 Å². The Bertz CT molecular complexity index is 1510. The van der Waals surface area contributed by atoms with Crippen LogP contribution in [0.1, 0.15) is 28.4 Å². The first-order valence-electron chi connectivity index (χ1n) is 12.1. The molecule has 0 aliphatic carbocycles. The zero-order valence-corrected chi connectivity index (χ0v) is 21.6. The van der Waals surface area contributed by atoms with Gasteiger partial charge in [0.05, 0.1) is 24.3 Å². The first-order valence-corrected chi connectivity index (χ1v) is 12.4. The number of aromatic nitrogens is 1. The summed E-state index contributed by atoms with van der Waals surface area (Å²) in [6, 6.07) is 6.89. The first kappa shape index (κ1) is 30.1. The average molecular weight is 603 g/mol. The number of alkyl halides is 5. The van der Waals surface area contributed by atoms with Crippen LogP contribution in [0, 0.1) is 11.7 Å². The molecule has 2 aromatic carbocycles. The van der Waals surface area contributed by atoms with Crippen molar-refractivity contribution in [1.29, 1.82) is 0 Å². The van der Waals surface area contributed by atoms with Gasteiger partial charge >= 0.3 is 12.8 Å². The van der Waals surface area contributed by atoms with Crippen LogP contribution in [-0.2, 0) is 16.0 Å². The van der Waals surface area contributed by atoms with Gasteiger partial charge in [0, 0.05) is 28.8 Å². The number of carbonyl (C=O) groups excluding carboxylic acids is 2. The minimum Gasteiger partial charge on any atom is -0.491 e. The van der Waals surface area contributed by atoms with Crippen LogP contribution in [0.2, 0.25) is 5.02 Å². The smallest absolute Gasteiger partial charge is 0.395 e. The fourth-order valence-corrected chi connectivity index (χ4v) is 4.56. The van der Waals surface area contributed by atoms with Crippen molar-refractivity contribution in [3.05, 3.63) is 81.0 Å². The molecular weight excluding hydrogens is 582 g/mol. The molecule has 0 saturated carbocycles. The summed E-state index contributed by atoms with van der Waals surface area (Å²) in [6.07, 6.45) is -4.25. The molecule has 0 radical (unpaired) electrons. The Morgan fingerprint density at radius 2 is 1.93 bits per heavy atom. The average Bonchev–Trinajstić information content (AvgIpc) is 2.88. The maximum absolute atomic E-state index is 14.1. The number of hydrogen-bond donors (Lipinski definition) is 1. The highest BCUT2D eigenvalue weighted by atomic mass is 35.5. The summed E-state index contributed by atoms with van der Waals surface area (Å²) < 4.78 is 91.1. The highest BCUT2D eigenvalue weighted by Crippen LogP contribution is 2.40. The van der Waals surface area contributed by atoms with Gasteiger partial charge in [-0.1, -0.05) is 17.7 Å². The Hall–Kier alpha value is -3.84. The van der Waals surface area contributed by atoms with Crippen molar-refractivity contribution < 1.29 is 45.4 Å². The lowest BCUT2D eigenvalue weighted by atomic mass is 9.91. The summed E-state index contributed by atoms with van der Waals surface area (Å²) in [5.74, 6) is -3.99. The van der Waals surface area contributed by atoms with E-state index in [4.69, 9.17) is 16.3 Å². The largest absolute Gasteiger partial charge is 0.491 e. The number of halogens is 7. The topological polar surface area (TPSA) is 86.6 Å². The van der Waals surface area contributed by atoms with E-state index in [9.17, 15) is 40.7 Å². The molecule has 218 valence electrons. The van der Waals surface area contributed by atoms with Gasteiger partial charge in [-0.25, -0.2) is 4.39 Å². The summed E-state index contributed by atoms with van der Waals surface area (Å²) in [4.78, 5) is 37.4. The summed E-state index contributed by atoms with van der Waals surface area (Å²) in [5.41, 5.74) is -0.593. The summed E-state index contributed by atoms with van der Waals surface area (Å²) in [7, 11) is 0. The molecule has 2 heterocycles. The van der Waals surface area contributed by atoms with Crippen molar-refractivity contribution in [1.82, 2.24) is 4.57 Å². The molecule has 1 aromatic heterocycles. The first-order chi connectivity index (χ1) is 19.4. The fourth-order valence-electron chi connectivity index (χ4n) is 4.39. The Morgan fingerprint density at radius 1 is 1.17 bits per heavy atom. The third-order valence-corrected chi connectivity index (χ3v) is 6.68. The zero-order chi connectivity index (χ0) is 29.9. The quantitative estimate of drug-likeness (QED) is 0.251. The monoisotopic (exact) mass is 602 g/mol. The number of anilines is 1. The number of hydrogen-bond acceptors (Lipinski definition) is 5. The van der Waals surface area contributed by atoms with Crippen molar-refractivity contribution in [3.63, 3.8) is 0 Å². The number of fused-ring (bicyclic) bond motifs is 3. The molecule has 0 fully saturated rings. The normalized spacial score (nSPS) is 15.7. The van der Waals surface area contributed by atoms with Crippen LogP contribution in [0.3, 0.4) is 0 Å². The summed E-state index contributed by atoms with van der Waals surface area (Å²) in [5, 5.41) is 2.54. The number of pyridine rings is 1. The van der Waals surface area contributed by atoms with Crippen molar-refractivity contribution in [2.24, 2.45) is 5.92 Å². The van der Waals surface area contributed by atoms with Gasteiger partial charge < -0.3 is 14.8 Å². The van der Waals surface area contributed by atoms with Crippen LogP contribution in [0.5, 0.6) is 5.75 Å². The molecule has 1 aliphatic rings. The molecule has 2 unspecified atom stereocenters. The molecule has 0 bridgehead atoms. The fraction of sp³-hybridized carbons (Fsp3) is 0.296. The number of carbonyl (C=O) groups is 2. The Labute approximate surface area is 233 Å². The van der Waals surface area contributed by atoms with E-state index in [1.807, 2.05) is 0 Å². The molecule has 0 spiro atoms. The highest BCUT2D eigenvalue weighted by molar-refractivity contribution is 6.30. The predicted octanol–water partition coefficient (Wildman–Crippen LogP) is 6.04. The molecule has 14 heteroatoms. The molecule has 4 rings (SSSR count). The van der Waals surface area contributed by atoms with Crippen molar-refractivity contribution in [3.8, 4) is 16.9 Å². The van der Waals surface area contributed by atoms with E-state index in [2.05, 4.69) is 10.1 Å². The maximum Gasteiger partial charge on any atom is 0.395 e. The summed E-state index contributed by atoms with van der Waals surface area (Å²) in [6.45, 7) is -4.67. The summed E-state index contributed by atoms with van der Waals surface area (Å²) >= 11 is 6.10. The van der Waals surface area contributed by atoms with E-state index >= 15 is 0 Å². The third kappa shape index (κ3) is 7.09. The third-order valence-electron chi connectivity index (χ3n) is 6.44.